The van der Waals surface area contributed by atoms with Gasteiger partial charge in [-0.1, -0.05) is 45.0 Å². The highest BCUT2D eigenvalue weighted by Gasteiger charge is 2.45. The van der Waals surface area contributed by atoms with Gasteiger partial charge >= 0.3 is 0 Å². The van der Waals surface area contributed by atoms with Crippen molar-refractivity contribution in [2.75, 3.05) is 13.2 Å². The fraction of sp³-hybridized carbons (Fsp3) is 0.444. The minimum Gasteiger partial charge on any atom is -0.508 e. The van der Waals surface area contributed by atoms with E-state index in [1.165, 1.54) is 0 Å². The molecule has 0 bridgehead atoms. The molecule has 7 heteroatoms. The maximum atomic E-state index is 13.7. The summed E-state index contributed by atoms with van der Waals surface area (Å²) in [5, 5.41) is 12.5. The molecule has 2 fully saturated rings. The molecule has 0 aliphatic carbocycles. The lowest BCUT2D eigenvalue weighted by atomic mass is 9.86. The minimum atomic E-state index is -0.855. The second-order valence-electron chi connectivity index (χ2n) is 10.2. The number of carbonyl (C=O) groups is 3. The van der Waals surface area contributed by atoms with Crippen LogP contribution < -0.4 is 5.32 Å². The SMILES string of the molecule is CC(C)(C)c1ccc(C(=O)NC(Cc2ccc(O)cc2)C(=O)N2CCC[C@@H]3OCC(=O)C32)cc1. The minimum absolute atomic E-state index is 0.0221. The molecule has 180 valence electrons. The summed E-state index contributed by atoms with van der Waals surface area (Å²) in [7, 11) is 0. The van der Waals surface area contributed by atoms with Gasteiger partial charge in [-0.3, -0.25) is 14.4 Å². The second-order valence-corrected chi connectivity index (χ2v) is 10.2. The third-order valence-electron chi connectivity index (χ3n) is 6.62. The van der Waals surface area contributed by atoms with Gasteiger partial charge in [0.2, 0.25) is 5.91 Å². The third-order valence-corrected chi connectivity index (χ3v) is 6.62. The van der Waals surface area contributed by atoms with E-state index in [0.717, 1.165) is 24.0 Å². The number of nitrogens with zero attached hydrogens (tertiary/aromatic N) is 1. The number of phenols is 1. The van der Waals surface area contributed by atoms with Crippen LogP contribution in [0.15, 0.2) is 48.5 Å². The number of hydrogen-bond acceptors (Lipinski definition) is 5. The van der Waals surface area contributed by atoms with Gasteiger partial charge in [-0.2, -0.15) is 0 Å². The van der Waals surface area contributed by atoms with E-state index in [0.29, 0.717) is 12.1 Å². The van der Waals surface area contributed by atoms with Crippen LogP contribution in [0.1, 0.15) is 55.1 Å². The van der Waals surface area contributed by atoms with Crippen LogP contribution in [0.5, 0.6) is 5.75 Å². The first-order valence-corrected chi connectivity index (χ1v) is 11.8. The Kier molecular flexibility index (Phi) is 6.75. The van der Waals surface area contributed by atoms with E-state index in [2.05, 4.69) is 26.1 Å². The number of aromatic hydroxyl groups is 1. The maximum absolute atomic E-state index is 13.7. The van der Waals surface area contributed by atoms with Crippen LogP contribution in [0, 0.1) is 0 Å². The molecule has 2 saturated heterocycles. The Labute approximate surface area is 200 Å². The summed E-state index contributed by atoms with van der Waals surface area (Å²) in [6.07, 6.45) is 1.46. The number of ketones is 1. The summed E-state index contributed by atoms with van der Waals surface area (Å²) in [4.78, 5) is 40.8. The summed E-state index contributed by atoms with van der Waals surface area (Å²) >= 11 is 0. The summed E-state index contributed by atoms with van der Waals surface area (Å²) in [6, 6.07) is 12.5. The Bertz CT molecular complexity index is 1060. The van der Waals surface area contributed by atoms with E-state index >= 15 is 0 Å². The summed E-state index contributed by atoms with van der Waals surface area (Å²) in [5.41, 5.74) is 2.34. The molecular formula is C27H32N2O5. The lowest BCUT2D eigenvalue weighted by Crippen LogP contribution is -2.58. The van der Waals surface area contributed by atoms with Crippen molar-refractivity contribution in [3.63, 3.8) is 0 Å². The molecule has 34 heavy (non-hydrogen) atoms. The van der Waals surface area contributed by atoms with Gasteiger partial charge in [0.1, 0.15) is 24.4 Å². The van der Waals surface area contributed by atoms with Crippen LogP contribution in [0.25, 0.3) is 0 Å². The summed E-state index contributed by atoms with van der Waals surface area (Å²) < 4.78 is 5.59. The molecule has 0 aromatic heterocycles. The number of amides is 2. The Hall–Kier alpha value is -3.19. The second kappa shape index (κ2) is 9.58. The molecule has 2 N–H and O–H groups in total. The number of hydrogen-bond donors (Lipinski definition) is 2. The molecule has 0 radical (unpaired) electrons. The molecule has 2 aliphatic rings. The van der Waals surface area contributed by atoms with Crippen LogP contribution >= 0.6 is 0 Å². The van der Waals surface area contributed by atoms with Crippen LogP contribution in [0.4, 0.5) is 0 Å². The highest BCUT2D eigenvalue weighted by molar-refractivity contribution is 5.99. The highest BCUT2D eigenvalue weighted by Crippen LogP contribution is 2.27. The van der Waals surface area contributed by atoms with E-state index in [1.54, 1.807) is 41.3 Å². The standard InChI is InChI=1S/C27H32N2O5/c1-27(2,3)19-10-8-18(9-11-19)25(32)28-21(15-17-6-12-20(30)13-7-17)26(33)29-14-4-5-23-24(29)22(31)16-34-23/h6-13,21,23-24,30H,4-5,14-16H2,1-3H3,(H,28,32)/t21?,23-,24?/m0/s1. The molecule has 2 amide bonds. The van der Waals surface area contributed by atoms with E-state index in [-0.39, 0.29) is 47.9 Å². The first-order chi connectivity index (χ1) is 16.1. The van der Waals surface area contributed by atoms with Crippen LogP contribution in [-0.2, 0) is 26.2 Å². The van der Waals surface area contributed by atoms with E-state index in [1.807, 2.05) is 12.1 Å². The van der Waals surface area contributed by atoms with Gasteiger partial charge in [0.05, 0.1) is 6.10 Å². The Morgan fingerprint density at radius 3 is 2.44 bits per heavy atom. The topological polar surface area (TPSA) is 95.9 Å². The summed E-state index contributed by atoms with van der Waals surface area (Å²) in [5.74, 6) is -0.603. The average molecular weight is 465 g/mol. The molecule has 2 aromatic carbocycles. The Morgan fingerprint density at radius 1 is 1.12 bits per heavy atom. The van der Waals surface area contributed by atoms with Gasteiger partial charge < -0.3 is 20.1 Å². The monoisotopic (exact) mass is 464 g/mol. The predicted molar refractivity (Wildman–Crippen MR) is 128 cm³/mol. The Morgan fingerprint density at radius 2 is 1.79 bits per heavy atom. The number of nitrogens with one attached hydrogen (secondary N) is 1. The summed E-state index contributed by atoms with van der Waals surface area (Å²) in [6.45, 7) is 6.79. The van der Waals surface area contributed by atoms with Crippen molar-refractivity contribution in [3.8, 4) is 5.75 Å². The van der Waals surface area contributed by atoms with Crippen LogP contribution in [0.3, 0.4) is 0 Å². The zero-order chi connectivity index (χ0) is 24.5. The van der Waals surface area contributed by atoms with Gasteiger partial charge in [0.15, 0.2) is 5.78 Å². The van der Waals surface area contributed by atoms with E-state index in [4.69, 9.17) is 4.74 Å². The van der Waals surface area contributed by atoms with Gasteiger partial charge in [-0.15, -0.1) is 0 Å². The zero-order valence-corrected chi connectivity index (χ0v) is 19.9. The van der Waals surface area contributed by atoms with Gasteiger partial charge in [0, 0.05) is 18.5 Å². The average Bonchev–Trinajstić information content (AvgIpc) is 3.20. The lowest BCUT2D eigenvalue weighted by molar-refractivity contribution is -0.142. The molecule has 0 spiro atoms. The molecular weight excluding hydrogens is 432 g/mol. The largest absolute Gasteiger partial charge is 0.508 e. The molecule has 4 rings (SSSR count). The molecule has 2 aliphatic heterocycles. The van der Waals surface area contributed by atoms with Crippen molar-refractivity contribution < 1.29 is 24.2 Å². The molecule has 2 heterocycles. The lowest BCUT2D eigenvalue weighted by Gasteiger charge is -2.37. The molecule has 2 unspecified atom stereocenters. The van der Waals surface area contributed by atoms with Crippen LogP contribution in [-0.4, -0.2) is 58.9 Å². The van der Waals surface area contributed by atoms with Crippen molar-refractivity contribution in [1.82, 2.24) is 10.2 Å². The fourth-order valence-corrected chi connectivity index (χ4v) is 4.67. The number of ether oxygens (including phenoxy) is 1. The van der Waals surface area contributed by atoms with E-state index in [9.17, 15) is 19.5 Å². The molecule has 3 atom stereocenters. The number of benzene rings is 2. The number of rotatable bonds is 5. The zero-order valence-electron chi connectivity index (χ0n) is 19.9. The third kappa shape index (κ3) is 5.14. The first kappa shape index (κ1) is 24.0. The quantitative estimate of drug-likeness (QED) is 0.709. The first-order valence-electron chi connectivity index (χ1n) is 11.8. The van der Waals surface area contributed by atoms with Crippen molar-refractivity contribution in [3.05, 3.63) is 65.2 Å². The highest BCUT2D eigenvalue weighted by atomic mass is 16.5. The van der Waals surface area contributed by atoms with Gasteiger partial charge in [0.25, 0.3) is 5.91 Å². The van der Waals surface area contributed by atoms with Crippen LogP contribution in [0.2, 0.25) is 0 Å². The van der Waals surface area contributed by atoms with Crippen molar-refractivity contribution in [1.29, 1.82) is 0 Å². The van der Waals surface area contributed by atoms with Gasteiger partial charge in [-0.05, 0) is 53.6 Å². The number of piperidine rings is 1. The van der Waals surface area contributed by atoms with E-state index < -0.39 is 12.1 Å². The molecule has 7 nitrogen and oxygen atoms in total. The number of phenolic OH excluding ortho intramolecular Hbond substituents is 1. The van der Waals surface area contributed by atoms with Crippen molar-refractivity contribution in [2.24, 2.45) is 0 Å². The predicted octanol–water partition coefficient (Wildman–Crippen LogP) is 2.99. The number of likely N-dealkylation sites (tertiary alicyclic amines) is 1. The normalized spacial score (nSPS) is 21.1. The maximum Gasteiger partial charge on any atom is 0.251 e. The number of carbonyl (C=O) groups excluding carboxylic acids is 3. The smallest absolute Gasteiger partial charge is 0.251 e. The molecule has 2 aromatic rings. The number of fused-ring (bicyclic) bond motifs is 1. The van der Waals surface area contributed by atoms with Crippen molar-refractivity contribution in [2.45, 2.75) is 63.6 Å². The molecule has 0 saturated carbocycles. The number of Topliss-reactive ketones (excluding diaryl/α,β-unsaturated/α-hetero) is 1. The fourth-order valence-electron chi connectivity index (χ4n) is 4.67. The Balaban J connectivity index is 1.57. The van der Waals surface area contributed by atoms with Crippen molar-refractivity contribution >= 4 is 17.6 Å². The van der Waals surface area contributed by atoms with Gasteiger partial charge in [-0.25, -0.2) is 0 Å².